The predicted molar refractivity (Wildman–Crippen MR) is 113 cm³/mol. The molecule has 5 nitrogen and oxygen atoms in total. The molecule has 0 bridgehead atoms. The van der Waals surface area contributed by atoms with Crippen LogP contribution >= 0.6 is 0 Å². The van der Waals surface area contributed by atoms with E-state index in [2.05, 4.69) is 24.3 Å². The van der Waals surface area contributed by atoms with Crippen molar-refractivity contribution in [3.8, 4) is 11.5 Å². The number of carbonyl (C=O) groups is 1. The summed E-state index contributed by atoms with van der Waals surface area (Å²) in [7, 11) is 3.36. The van der Waals surface area contributed by atoms with E-state index >= 15 is 0 Å². The first-order valence-electron chi connectivity index (χ1n) is 9.89. The van der Waals surface area contributed by atoms with Crippen LogP contribution in [0, 0.1) is 5.92 Å². The SMILES string of the molecule is COc1ccc([C@@H]2[C@H]3CCc4cc(OC)ccc4C3=NN2C(C)=CC(C)=O)cc1. The predicted octanol–water partition coefficient (Wildman–Crippen LogP) is 4.52. The number of allylic oxidation sites excluding steroid dienone is 2. The summed E-state index contributed by atoms with van der Waals surface area (Å²) >= 11 is 0. The van der Waals surface area contributed by atoms with Gasteiger partial charge >= 0.3 is 0 Å². The smallest absolute Gasteiger partial charge is 0.154 e. The molecule has 0 fully saturated rings. The monoisotopic (exact) mass is 390 g/mol. The minimum atomic E-state index is 0.0242. The summed E-state index contributed by atoms with van der Waals surface area (Å²) in [5.41, 5.74) is 5.56. The molecule has 5 heteroatoms. The number of hydrogen-bond donors (Lipinski definition) is 0. The molecule has 0 amide bonds. The number of ketones is 1. The molecule has 1 heterocycles. The van der Waals surface area contributed by atoms with Gasteiger partial charge in [-0.25, -0.2) is 0 Å². The number of hydrazone groups is 1. The number of nitrogens with zero attached hydrogens (tertiary/aromatic N) is 2. The highest BCUT2D eigenvalue weighted by Crippen LogP contribution is 2.45. The Labute approximate surface area is 171 Å². The lowest BCUT2D eigenvalue weighted by Gasteiger charge is -2.31. The molecule has 29 heavy (non-hydrogen) atoms. The Balaban J connectivity index is 1.79. The molecule has 0 saturated heterocycles. The summed E-state index contributed by atoms with van der Waals surface area (Å²) < 4.78 is 10.7. The molecule has 4 rings (SSSR count). The van der Waals surface area contributed by atoms with Crippen molar-refractivity contribution in [2.75, 3.05) is 14.2 Å². The van der Waals surface area contributed by atoms with Crippen LogP contribution in [-0.2, 0) is 11.2 Å². The van der Waals surface area contributed by atoms with Crippen molar-refractivity contribution in [1.29, 1.82) is 0 Å². The first-order chi connectivity index (χ1) is 14.0. The van der Waals surface area contributed by atoms with Crippen LogP contribution in [0.2, 0.25) is 0 Å². The van der Waals surface area contributed by atoms with Crippen molar-refractivity contribution < 1.29 is 14.3 Å². The van der Waals surface area contributed by atoms with Gasteiger partial charge in [-0.05, 0) is 68.1 Å². The van der Waals surface area contributed by atoms with E-state index in [4.69, 9.17) is 14.6 Å². The van der Waals surface area contributed by atoms with Gasteiger partial charge in [-0.2, -0.15) is 5.10 Å². The lowest BCUT2D eigenvalue weighted by Crippen LogP contribution is -2.28. The summed E-state index contributed by atoms with van der Waals surface area (Å²) in [5.74, 6) is 1.99. The van der Waals surface area contributed by atoms with Crippen molar-refractivity contribution in [2.45, 2.75) is 32.7 Å². The Morgan fingerprint density at radius 3 is 2.41 bits per heavy atom. The molecule has 2 aromatic rings. The minimum Gasteiger partial charge on any atom is -0.497 e. The molecule has 0 saturated carbocycles. The van der Waals surface area contributed by atoms with Crippen LogP contribution < -0.4 is 9.47 Å². The fourth-order valence-electron chi connectivity index (χ4n) is 4.42. The Morgan fingerprint density at radius 1 is 1.07 bits per heavy atom. The third kappa shape index (κ3) is 3.53. The second-order valence-electron chi connectivity index (χ2n) is 7.61. The first kappa shape index (κ1) is 19.2. The van der Waals surface area contributed by atoms with Crippen LogP contribution in [0.1, 0.15) is 43.0 Å². The number of rotatable bonds is 5. The molecule has 0 unspecified atom stereocenters. The molecule has 0 spiro atoms. The van der Waals surface area contributed by atoms with Gasteiger partial charge in [-0.1, -0.05) is 12.1 Å². The van der Waals surface area contributed by atoms with Crippen LogP contribution in [-0.4, -0.2) is 30.7 Å². The topological polar surface area (TPSA) is 51.1 Å². The molecule has 1 aliphatic heterocycles. The van der Waals surface area contributed by atoms with Crippen molar-refractivity contribution in [2.24, 2.45) is 11.0 Å². The molecular formula is C24H26N2O3. The van der Waals surface area contributed by atoms with Gasteiger partial charge in [0.25, 0.3) is 0 Å². The zero-order chi connectivity index (χ0) is 20.5. The Hall–Kier alpha value is -3.08. The number of hydrogen-bond acceptors (Lipinski definition) is 5. The van der Waals surface area contributed by atoms with E-state index in [1.807, 2.05) is 30.1 Å². The van der Waals surface area contributed by atoms with E-state index < -0.39 is 0 Å². The summed E-state index contributed by atoms with van der Waals surface area (Å²) in [5, 5.41) is 7.03. The van der Waals surface area contributed by atoms with Gasteiger partial charge in [-0.3, -0.25) is 9.80 Å². The van der Waals surface area contributed by atoms with E-state index in [1.54, 1.807) is 27.2 Å². The van der Waals surface area contributed by atoms with Crippen LogP contribution in [0.15, 0.2) is 59.3 Å². The van der Waals surface area contributed by atoms with Gasteiger partial charge in [0.05, 0.1) is 26.0 Å². The van der Waals surface area contributed by atoms with E-state index in [0.29, 0.717) is 0 Å². The molecule has 2 aliphatic rings. The van der Waals surface area contributed by atoms with Gasteiger partial charge < -0.3 is 9.47 Å². The molecule has 1 aliphatic carbocycles. The highest BCUT2D eigenvalue weighted by atomic mass is 16.5. The van der Waals surface area contributed by atoms with Gasteiger partial charge in [0.2, 0.25) is 0 Å². The lowest BCUT2D eigenvalue weighted by atomic mass is 9.77. The largest absolute Gasteiger partial charge is 0.497 e. The fourth-order valence-corrected chi connectivity index (χ4v) is 4.42. The molecule has 0 N–H and O–H groups in total. The molecule has 2 aromatic carbocycles. The van der Waals surface area contributed by atoms with E-state index in [9.17, 15) is 4.79 Å². The molecule has 0 radical (unpaired) electrons. The minimum absolute atomic E-state index is 0.0242. The summed E-state index contributed by atoms with van der Waals surface area (Å²) in [6, 6.07) is 14.4. The van der Waals surface area contributed by atoms with Crippen LogP contribution in [0.4, 0.5) is 0 Å². The first-order valence-corrected chi connectivity index (χ1v) is 9.89. The highest BCUT2D eigenvalue weighted by Gasteiger charge is 2.42. The second-order valence-corrected chi connectivity index (χ2v) is 7.61. The van der Waals surface area contributed by atoms with E-state index in [-0.39, 0.29) is 17.7 Å². The molecule has 0 aromatic heterocycles. The van der Waals surface area contributed by atoms with Gasteiger partial charge in [0.1, 0.15) is 11.5 Å². The lowest BCUT2D eigenvalue weighted by molar-refractivity contribution is -0.112. The average Bonchev–Trinajstić information content (AvgIpc) is 3.13. The number of methoxy groups -OCH3 is 2. The van der Waals surface area contributed by atoms with Gasteiger partial charge in [0, 0.05) is 23.3 Å². The Bertz CT molecular complexity index is 992. The maximum absolute atomic E-state index is 11.7. The number of carbonyl (C=O) groups excluding carboxylic acids is 1. The number of benzene rings is 2. The van der Waals surface area contributed by atoms with Crippen molar-refractivity contribution in [1.82, 2.24) is 5.01 Å². The zero-order valence-corrected chi connectivity index (χ0v) is 17.3. The zero-order valence-electron chi connectivity index (χ0n) is 17.3. The third-order valence-electron chi connectivity index (χ3n) is 5.76. The molecule has 2 atom stereocenters. The number of aryl methyl sites for hydroxylation is 1. The maximum Gasteiger partial charge on any atom is 0.154 e. The quantitative estimate of drug-likeness (QED) is 0.705. The Kier molecular flexibility index (Phi) is 5.14. The second kappa shape index (κ2) is 7.74. The Morgan fingerprint density at radius 2 is 1.76 bits per heavy atom. The van der Waals surface area contributed by atoms with E-state index in [0.717, 1.165) is 35.7 Å². The standard InChI is InChI=1S/C24H26N2O3/c1-15(13-16(2)27)26-24(17-5-8-19(28-3)9-6-17)22-11-7-18-14-20(29-4)10-12-21(18)23(22)25-26/h5-6,8-10,12-14,22,24H,7,11H2,1-4H3/t22-,24+/m0/s1. The number of fused-ring (bicyclic) bond motifs is 3. The number of ether oxygens (including phenoxy) is 2. The summed E-state index contributed by atoms with van der Waals surface area (Å²) in [4.78, 5) is 11.7. The van der Waals surface area contributed by atoms with Crippen LogP contribution in [0.25, 0.3) is 0 Å². The van der Waals surface area contributed by atoms with Crippen molar-refractivity contribution in [3.63, 3.8) is 0 Å². The van der Waals surface area contributed by atoms with Crippen LogP contribution in [0.5, 0.6) is 11.5 Å². The molecule has 150 valence electrons. The van der Waals surface area contributed by atoms with E-state index in [1.165, 1.54) is 16.7 Å². The summed E-state index contributed by atoms with van der Waals surface area (Å²) in [6.07, 6.45) is 3.64. The van der Waals surface area contributed by atoms with Gasteiger partial charge in [-0.15, -0.1) is 0 Å². The average molecular weight is 390 g/mol. The van der Waals surface area contributed by atoms with Crippen molar-refractivity contribution in [3.05, 3.63) is 70.9 Å². The maximum atomic E-state index is 11.7. The van der Waals surface area contributed by atoms with Gasteiger partial charge in [0.15, 0.2) is 5.78 Å². The van der Waals surface area contributed by atoms with Crippen LogP contribution in [0.3, 0.4) is 0 Å². The molecular weight excluding hydrogens is 364 g/mol. The van der Waals surface area contributed by atoms with Crippen molar-refractivity contribution >= 4 is 11.5 Å². The fraction of sp³-hybridized carbons (Fsp3) is 0.333. The normalized spacial score (nSPS) is 20.6. The summed E-state index contributed by atoms with van der Waals surface area (Å²) in [6.45, 7) is 3.53. The highest BCUT2D eigenvalue weighted by molar-refractivity contribution is 6.06. The third-order valence-corrected chi connectivity index (χ3v) is 5.76.